The van der Waals surface area contributed by atoms with Crippen molar-refractivity contribution in [1.29, 1.82) is 5.26 Å². The molecular formula is C14H21N3O. The standard InChI is InChI=1S/C14H21N3O/c1-10(2)17-8-12(7-16-17)13(18)14(9-15)5-4-11(3)6-14/h7-8,10-11,13,18H,4-6H2,1-3H3. The summed E-state index contributed by atoms with van der Waals surface area (Å²) in [6.45, 7) is 6.23. The van der Waals surface area contributed by atoms with Gasteiger partial charge in [0.1, 0.15) is 6.10 Å². The lowest BCUT2D eigenvalue weighted by Crippen LogP contribution is -2.24. The maximum absolute atomic E-state index is 10.5. The molecule has 2 rings (SSSR count). The van der Waals surface area contributed by atoms with Crippen LogP contribution in [0.15, 0.2) is 12.4 Å². The fourth-order valence-corrected chi connectivity index (χ4v) is 2.84. The van der Waals surface area contributed by atoms with Gasteiger partial charge in [-0.3, -0.25) is 4.68 Å². The van der Waals surface area contributed by atoms with Gasteiger partial charge in [-0.1, -0.05) is 6.92 Å². The van der Waals surface area contributed by atoms with Crippen LogP contribution in [0.5, 0.6) is 0 Å². The molecule has 1 saturated carbocycles. The summed E-state index contributed by atoms with van der Waals surface area (Å²) in [5.41, 5.74) is 0.143. The van der Waals surface area contributed by atoms with Gasteiger partial charge >= 0.3 is 0 Å². The first-order chi connectivity index (χ1) is 8.48. The quantitative estimate of drug-likeness (QED) is 0.893. The Bertz CT molecular complexity index is 460. The highest BCUT2D eigenvalue weighted by atomic mass is 16.3. The predicted octanol–water partition coefficient (Wildman–Crippen LogP) is 2.83. The second kappa shape index (κ2) is 4.74. The average Bonchev–Trinajstić information content (AvgIpc) is 2.95. The van der Waals surface area contributed by atoms with Crippen molar-refractivity contribution in [2.45, 2.75) is 52.2 Å². The first-order valence-corrected chi connectivity index (χ1v) is 6.62. The lowest BCUT2D eigenvalue weighted by molar-refractivity contribution is 0.0646. The third kappa shape index (κ3) is 2.15. The molecule has 1 aromatic rings. The summed E-state index contributed by atoms with van der Waals surface area (Å²) in [5, 5.41) is 24.2. The van der Waals surface area contributed by atoms with Crippen LogP contribution in [0.4, 0.5) is 0 Å². The minimum atomic E-state index is -0.722. The Labute approximate surface area is 108 Å². The molecule has 1 heterocycles. The molecule has 4 nitrogen and oxygen atoms in total. The Morgan fingerprint density at radius 1 is 1.61 bits per heavy atom. The highest BCUT2D eigenvalue weighted by Gasteiger charge is 2.44. The summed E-state index contributed by atoms with van der Waals surface area (Å²) in [7, 11) is 0. The Hall–Kier alpha value is -1.34. The highest BCUT2D eigenvalue weighted by molar-refractivity contribution is 5.19. The summed E-state index contributed by atoms with van der Waals surface area (Å²) < 4.78 is 1.82. The van der Waals surface area contributed by atoms with Gasteiger partial charge in [-0.2, -0.15) is 10.4 Å². The Balaban J connectivity index is 2.24. The minimum absolute atomic E-state index is 0.270. The van der Waals surface area contributed by atoms with E-state index in [1.807, 2.05) is 24.7 Å². The van der Waals surface area contributed by atoms with Gasteiger partial charge in [0.05, 0.1) is 17.7 Å². The van der Waals surface area contributed by atoms with Gasteiger partial charge < -0.3 is 5.11 Å². The molecular weight excluding hydrogens is 226 g/mol. The summed E-state index contributed by atoms with van der Waals surface area (Å²) in [4.78, 5) is 0. The van der Waals surface area contributed by atoms with Crippen molar-refractivity contribution < 1.29 is 5.11 Å². The molecule has 0 saturated heterocycles. The van der Waals surface area contributed by atoms with Gasteiger partial charge in [0.15, 0.2) is 0 Å². The molecule has 1 aromatic heterocycles. The van der Waals surface area contributed by atoms with Crippen LogP contribution >= 0.6 is 0 Å². The van der Waals surface area contributed by atoms with Crippen molar-refractivity contribution in [2.24, 2.45) is 11.3 Å². The Morgan fingerprint density at radius 2 is 2.33 bits per heavy atom. The van der Waals surface area contributed by atoms with Crippen molar-refractivity contribution in [3.63, 3.8) is 0 Å². The molecule has 3 atom stereocenters. The topological polar surface area (TPSA) is 61.8 Å². The molecule has 1 aliphatic rings. The van der Waals surface area contributed by atoms with Gasteiger partial charge in [0, 0.05) is 17.8 Å². The fraction of sp³-hybridized carbons (Fsp3) is 0.714. The maximum Gasteiger partial charge on any atom is 0.101 e. The van der Waals surface area contributed by atoms with E-state index in [2.05, 4.69) is 18.1 Å². The molecule has 18 heavy (non-hydrogen) atoms. The van der Waals surface area contributed by atoms with Crippen LogP contribution in [0.1, 0.15) is 57.7 Å². The van der Waals surface area contributed by atoms with E-state index in [1.165, 1.54) is 0 Å². The molecule has 1 aliphatic carbocycles. The van der Waals surface area contributed by atoms with E-state index in [0.717, 1.165) is 24.8 Å². The third-order valence-corrected chi connectivity index (χ3v) is 4.01. The maximum atomic E-state index is 10.5. The van der Waals surface area contributed by atoms with Gasteiger partial charge in [-0.15, -0.1) is 0 Å². The van der Waals surface area contributed by atoms with E-state index in [9.17, 15) is 10.4 Å². The number of rotatable bonds is 3. The molecule has 0 radical (unpaired) electrons. The van der Waals surface area contributed by atoms with Crippen molar-refractivity contribution in [3.05, 3.63) is 18.0 Å². The molecule has 0 aromatic carbocycles. The van der Waals surface area contributed by atoms with Crippen LogP contribution in [0.25, 0.3) is 0 Å². The monoisotopic (exact) mass is 247 g/mol. The molecule has 0 aliphatic heterocycles. The zero-order chi connectivity index (χ0) is 13.3. The molecule has 0 spiro atoms. The van der Waals surface area contributed by atoms with Crippen LogP contribution in [-0.4, -0.2) is 14.9 Å². The van der Waals surface area contributed by atoms with Gasteiger partial charge in [-0.05, 0) is 39.0 Å². The number of hydrogen-bond acceptors (Lipinski definition) is 3. The molecule has 1 N–H and O–H groups in total. The minimum Gasteiger partial charge on any atom is -0.387 e. The van der Waals surface area contributed by atoms with Gasteiger partial charge in [0.25, 0.3) is 0 Å². The number of nitrogens with zero attached hydrogens (tertiary/aromatic N) is 3. The molecule has 0 amide bonds. The van der Waals surface area contributed by atoms with E-state index in [4.69, 9.17) is 0 Å². The second-order valence-electron chi connectivity index (χ2n) is 5.87. The third-order valence-electron chi connectivity index (χ3n) is 4.01. The number of aromatic nitrogens is 2. The zero-order valence-corrected chi connectivity index (χ0v) is 11.3. The number of aliphatic hydroxyl groups is 1. The highest BCUT2D eigenvalue weighted by Crippen LogP contribution is 2.49. The van der Waals surface area contributed by atoms with E-state index in [-0.39, 0.29) is 6.04 Å². The lowest BCUT2D eigenvalue weighted by Gasteiger charge is -2.26. The van der Waals surface area contributed by atoms with E-state index in [1.54, 1.807) is 6.20 Å². The first-order valence-electron chi connectivity index (χ1n) is 6.62. The summed E-state index contributed by atoms with van der Waals surface area (Å²) in [5.74, 6) is 0.513. The largest absolute Gasteiger partial charge is 0.387 e. The van der Waals surface area contributed by atoms with Crippen LogP contribution in [0.3, 0.4) is 0 Å². The van der Waals surface area contributed by atoms with E-state index >= 15 is 0 Å². The molecule has 98 valence electrons. The Morgan fingerprint density at radius 3 is 2.78 bits per heavy atom. The zero-order valence-electron chi connectivity index (χ0n) is 11.3. The normalized spacial score (nSPS) is 29.4. The fourth-order valence-electron chi connectivity index (χ4n) is 2.84. The van der Waals surface area contributed by atoms with Crippen LogP contribution in [0, 0.1) is 22.7 Å². The summed E-state index contributed by atoms with van der Waals surface area (Å²) >= 11 is 0. The van der Waals surface area contributed by atoms with Crippen molar-refractivity contribution >= 4 is 0 Å². The van der Waals surface area contributed by atoms with Crippen molar-refractivity contribution in [1.82, 2.24) is 9.78 Å². The molecule has 1 fully saturated rings. The number of aliphatic hydroxyl groups excluding tert-OH is 1. The van der Waals surface area contributed by atoms with Crippen molar-refractivity contribution in [3.8, 4) is 6.07 Å². The average molecular weight is 247 g/mol. The molecule has 0 bridgehead atoms. The second-order valence-corrected chi connectivity index (χ2v) is 5.87. The SMILES string of the molecule is CC1CCC(C#N)(C(O)c2cnn(C(C)C)c2)C1. The van der Waals surface area contributed by atoms with Crippen LogP contribution < -0.4 is 0 Å². The van der Waals surface area contributed by atoms with Gasteiger partial charge in [0.2, 0.25) is 0 Å². The number of hydrogen-bond donors (Lipinski definition) is 1. The first kappa shape index (κ1) is 13.1. The van der Waals surface area contributed by atoms with Crippen LogP contribution in [-0.2, 0) is 0 Å². The van der Waals surface area contributed by atoms with E-state index < -0.39 is 11.5 Å². The van der Waals surface area contributed by atoms with Crippen molar-refractivity contribution in [2.75, 3.05) is 0 Å². The Kier molecular flexibility index (Phi) is 3.45. The number of nitriles is 1. The van der Waals surface area contributed by atoms with Crippen LogP contribution in [0.2, 0.25) is 0 Å². The van der Waals surface area contributed by atoms with Gasteiger partial charge in [-0.25, -0.2) is 0 Å². The molecule has 4 heteroatoms. The lowest BCUT2D eigenvalue weighted by atomic mass is 9.79. The summed E-state index contributed by atoms with van der Waals surface area (Å²) in [6.07, 6.45) is 5.39. The smallest absolute Gasteiger partial charge is 0.101 e. The van der Waals surface area contributed by atoms with E-state index in [0.29, 0.717) is 5.92 Å². The summed E-state index contributed by atoms with van der Waals surface area (Å²) in [6, 6.07) is 2.63. The predicted molar refractivity (Wildman–Crippen MR) is 68.6 cm³/mol. The molecule has 3 unspecified atom stereocenters.